The zero-order valence-electron chi connectivity index (χ0n) is 10.9. The summed E-state index contributed by atoms with van der Waals surface area (Å²) in [4.78, 5) is 15.6. The predicted molar refractivity (Wildman–Crippen MR) is 71.7 cm³/mol. The molecule has 0 saturated heterocycles. The Balaban J connectivity index is 2.31. The third kappa shape index (κ3) is 2.14. The van der Waals surface area contributed by atoms with Gasteiger partial charge in [-0.3, -0.25) is 4.79 Å². The van der Waals surface area contributed by atoms with Crippen LogP contribution >= 0.6 is 0 Å². The topological polar surface area (TPSA) is 23.6 Å². The number of nitrogens with zero attached hydrogens (tertiary/aromatic N) is 2. The summed E-state index contributed by atoms with van der Waals surface area (Å²) in [6.45, 7) is 8.83. The first-order valence-corrected chi connectivity index (χ1v) is 6.33. The minimum absolute atomic E-state index is 0.138. The van der Waals surface area contributed by atoms with Gasteiger partial charge in [0.2, 0.25) is 5.91 Å². The fourth-order valence-corrected chi connectivity index (χ4v) is 2.50. The summed E-state index contributed by atoms with van der Waals surface area (Å²) in [5.74, 6) is 0.138. The second kappa shape index (κ2) is 4.78. The normalized spacial score (nSPS) is 13.7. The smallest absolute Gasteiger partial charge is 0.223 e. The van der Waals surface area contributed by atoms with E-state index in [0.29, 0.717) is 0 Å². The highest BCUT2D eigenvalue weighted by molar-refractivity contribution is 5.94. The molecule has 0 fully saturated rings. The number of carbonyl (C=O) groups excluding carboxylic acids is 1. The van der Waals surface area contributed by atoms with Gasteiger partial charge >= 0.3 is 0 Å². The zero-order chi connectivity index (χ0) is 12.4. The van der Waals surface area contributed by atoms with Gasteiger partial charge in [-0.1, -0.05) is 0 Å². The van der Waals surface area contributed by atoms with E-state index in [1.807, 2.05) is 4.90 Å². The highest BCUT2D eigenvalue weighted by Gasteiger charge is 2.22. The van der Waals surface area contributed by atoms with Crippen molar-refractivity contribution in [1.29, 1.82) is 0 Å². The molecule has 0 radical (unpaired) electrons. The highest BCUT2D eigenvalue weighted by Crippen LogP contribution is 2.31. The molecule has 0 aromatic heterocycles. The Labute approximate surface area is 103 Å². The van der Waals surface area contributed by atoms with Crippen molar-refractivity contribution in [3.63, 3.8) is 0 Å². The van der Waals surface area contributed by atoms with Gasteiger partial charge in [-0.15, -0.1) is 0 Å². The third-order valence-electron chi connectivity index (χ3n) is 3.47. The van der Waals surface area contributed by atoms with E-state index in [1.54, 1.807) is 6.92 Å². The minimum atomic E-state index is 0.138. The van der Waals surface area contributed by atoms with Crippen LogP contribution in [-0.4, -0.2) is 25.5 Å². The highest BCUT2D eigenvalue weighted by atomic mass is 16.2. The maximum absolute atomic E-state index is 11.5. The lowest BCUT2D eigenvalue weighted by atomic mass is 10.1. The Morgan fingerprint density at radius 2 is 2.06 bits per heavy atom. The van der Waals surface area contributed by atoms with Gasteiger partial charge in [0, 0.05) is 37.9 Å². The van der Waals surface area contributed by atoms with E-state index in [0.717, 1.165) is 31.7 Å². The van der Waals surface area contributed by atoms with Gasteiger partial charge < -0.3 is 9.80 Å². The van der Waals surface area contributed by atoms with E-state index in [2.05, 4.69) is 36.9 Å². The summed E-state index contributed by atoms with van der Waals surface area (Å²) in [6.07, 6.45) is 0.976. The molecular weight excluding hydrogens is 212 g/mol. The van der Waals surface area contributed by atoms with Crippen molar-refractivity contribution >= 4 is 17.3 Å². The van der Waals surface area contributed by atoms with Gasteiger partial charge in [0.05, 0.1) is 0 Å². The van der Waals surface area contributed by atoms with Crippen molar-refractivity contribution in [3.8, 4) is 0 Å². The van der Waals surface area contributed by atoms with Gasteiger partial charge in [0.15, 0.2) is 0 Å². The van der Waals surface area contributed by atoms with Crippen LogP contribution in [0.3, 0.4) is 0 Å². The van der Waals surface area contributed by atoms with Gasteiger partial charge in [-0.25, -0.2) is 0 Å². The molecule has 0 saturated carbocycles. The van der Waals surface area contributed by atoms with Crippen molar-refractivity contribution in [2.45, 2.75) is 27.2 Å². The Kier molecular flexibility index (Phi) is 3.36. The van der Waals surface area contributed by atoms with E-state index in [-0.39, 0.29) is 5.91 Å². The lowest BCUT2D eigenvalue weighted by Gasteiger charge is -2.22. The minimum Gasteiger partial charge on any atom is -0.372 e. The Morgan fingerprint density at radius 1 is 1.35 bits per heavy atom. The Bertz CT molecular complexity index is 424. The van der Waals surface area contributed by atoms with Crippen molar-refractivity contribution in [2.24, 2.45) is 0 Å². The van der Waals surface area contributed by atoms with Crippen molar-refractivity contribution < 1.29 is 4.79 Å². The first-order chi connectivity index (χ1) is 8.17. The van der Waals surface area contributed by atoms with E-state index in [9.17, 15) is 4.79 Å². The molecule has 1 aromatic carbocycles. The second-order valence-corrected chi connectivity index (χ2v) is 4.41. The molecule has 17 heavy (non-hydrogen) atoms. The van der Waals surface area contributed by atoms with Crippen LogP contribution < -0.4 is 9.80 Å². The number of carbonyl (C=O) groups is 1. The van der Waals surface area contributed by atoms with Gasteiger partial charge in [0.25, 0.3) is 0 Å². The maximum atomic E-state index is 11.5. The van der Waals surface area contributed by atoms with E-state index in [1.165, 1.54) is 11.3 Å². The summed E-state index contributed by atoms with van der Waals surface area (Å²) in [5, 5.41) is 0. The number of hydrogen-bond donors (Lipinski definition) is 0. The fraction of sp³-hybridized carbons (Fsp3) is 0.500. The van der Waals surface area contributed by atoms with Crippen molar-refractivity contribution in [3.05, 3.63) is 23.8 Å². The summed E-state index contributed by atoms with van der Waals surface area (Å²) in [6, 6.07) is 6.43. The average Bonchev–Trinajstić information content (AvgIpc) is 2.73. The Morgan fingerprint density at radius 3 is 2.65 bits per heavy atom. The molecule has 3 heteroatoms. The number of anilines is 2. The van der Waals surface area contributed by atoms with Crippen LogP contribution in [0.1, 0.15) is 26.3 Å². The Hall–Kier alpha value is -1.51. The molecule has 0 aliphatic carbocycles. The molecule has 1 aliphatic rings. The summed E-state index contributed by atoms with van der Waals surface area (Å²) in [5.41, 5.74) is 3.65. The van der Waals surface area contributed by atoms with Crippen LogP contribution in [0.25, 0.3) is 0 Å². The molecule has 92 valence electrons. The fourth-order valence-electron chi connectivity index (χ4n) is 2.50. The first kappa shape index (κ1) is 12.0. The number of fused-ring (bicyclic) bond motifs is 1. The summed E-state index contributed by atoms with van der Waals surface area (Å²) < 4.78 is 0. The molecule has 0 N–H and O–H groups in total. The molecule has 3 nitrogen and oxygen atoms in total. The van der Waals surface area contributed by atoms with Gasteiger partial charge in [0.1, 0.15) is 0 Å². The number of hydrogen-bond acceptors (Lipinski definition) is 2. The first-order valence-electron chi connectivity index (χ1n) is 6.33. The third-order valence-corrected chi connectivity index (χ3v) is 3.47. The molecule has 2 rings (SSSR count). The molecule has 1 aromatic rings. The molecule has 1 heterocycles. The standard InChI is InChI=1S/C14H20N2O/c1-4-15(5-2)13-6-7-14-12(10-13)8-9-16(14)11(3)17/h6-7,10H,4-5,8-9H2,1-3H3. The second-order valence-electron chi connectivity index (χ2n) is 4.41. The lowest BCUT2D eigenvalue weighted by molar-refractivity contribution is -0.116. The number of amides is 1. The molecular formula is C14H20N2O. The number of benzene rings is 1. The summed E-state index contributed by atoms with van der Waals surface area (Å²) in [7, 11) is 0. The predicted octanol–water partition coefficient (Wildman–Crippen LogP) is 2.44. The van der Waals surface area contributed by atoms with Crippen LogP contribution in [-0.2, 0) is 11.2 Å². The molecule has 0 unspecified atom stereocenters. The molecule has 1 amide bonds. The van der Waals surface area contributed by atoms with Gasteiger partial charge in [-0.05, 0) is 44.0 Å². The van der Waals surface area contributed by atoms with Crippen LogP contribution in [0.4, 0.5) is 11.4 Å². The number of rotatable bonds is 3. The van der Waals surface area contributed by atoms with E-state index >= 15 is 0 Å². The van der Waals surface area contributed by atoms with Crippen molar-refractivity contribution in [1.82, 2.24) is 0 Å². The van der Waals surface area contributed by atoms with Crippen LogP contribution in [0.15, 0.2) is 18.2 Å². The van der Waals surface area contributed by atoms with Crippen LogP contribution in [0.2, 0.25) is 0 Å². The van der Waals surface area contributed by atoms with Gasteiger partial charge in [-0.2, -0.15) is 0 Å². The zero-order valence-corrected chi connectivity index (χ0v) is 10.9. The molecule has 0 atom stereocenters. The quantitative estimate of drug-likeness (QED) is 0.799. The van der Waals surface area contributed by atoms with Crippen LogP contribution in [0.5, 0.6) is 0 Å². The molecule has 0 spiro atoms. The average molecular weight is 232 g/mol. The lowest BCUT2D eigenvalue weighted by Crippen LogP contribution is -2.25. The van der Waals surface area contributed by atoms with E-state index < -0.39 is 0 Å². The maximum Gasteiger partial charge on any atom is 0.223 e. The molecule has 1 aliphatic heterocycles. The SMILES string of the molecule is CCN(CC)c1ccc2c(c1)CCN2C(C)=O. The monoisotopic (exact) mass is 232 g/mol. The van der Waals surface area contributed by atoms with Crippen LogP contribution in [0, 0.1) is 0 Å². The summed E-state index contributed by atoms with van der Waals surface area (Å²) >= 11 is 0. The van der Waals surface area contributed by atoms with E-state index in [4.69, 9.17) is 0 Å². The largest absolute Gasteiger partial charge is 0.372 e. The molecule has 0 bridgehead atoms. The van der Waals surface area contributed by atoms with Crippen molar-refractivity contribution in [2.75, 3.05) is 29.4 Å².